The van der Waals surface area contributed by atoms with Gasteiger partial charge < -0.3 is 0 Å². The van der Waals surface area contributed by atoms with Crippen molar-refractivity contribution in [3.63, 3.8) is 0 Å². The van der Waals surface area contributed by atoms with E-state index < -0.39 is 0 Å². The number of nitrogens with zero attached hydrogens (tertiary/aromatic N) is 3. The first kappa shape index (κ1) is 14.0. The fraction of sp³-hybridized carbons (Fsp3) is 0.867. The van der Waals surface area contributed by atoms with Gasteiger partial charge >= 0.3 is 0 Å². The number of hydrogen-bond donors (Lipinski definition) is 0. The molecule has 1 unspecified atom stereocenters. The van der Waals surface area contributed by atoms with Crippen LogP contribution >= 0.6 is 0 Å². The molecule has 2 fully saturated rings. The number of hydrogen-bond acceptors (Lipinski definition) is 3. The van der Waals surface area contributed by atoms with Crippen molar-refractivity contribution >= 4 is 0 Å². The lowest BCUT2D eigenvalue weighted by molar-refractivity contribution is -0.0790. The molecule has 1 atom stereocenters. The number of hydrazine groups is 1. The van der Waals surface area contributed by atoms with E-state index in [9.17, 15) is 0 Å². The fourth-order valence-electron chi connectivity index (χ4n) is 3.17. The SMILES string of the molecule is C=C1CC(CC)N(N2CCN(C(C)(C)C)CC2)C1. The van der Waals surface area contributed by atoms with Crippen molar-refractivity contribution in [3.05, 3.63) is 12.2 Å². The van der Waals surface area contributed by atoms with E-state index in [1.807, 2.05) is 0 Å². The fourth-order valence-corrected chi connectivity index (χ4v) is 3.17. The monoisotopic (exact) mass is 251 g/mol. The Morgan fingerprint density at radius 1 is 1.17 bits per heavy atom. The first-order chi connectivity index (χ1) is 8.41. The highest BCUT2D eigenvalue weighted by molar-refractivity contribution is 5.07. The van der Waals surface area contributed by atoms with Crippen molar-refractivity contribution in [1.29, 1.82) is 0 Å². The molecular formula is C15H29N3. The van der Waals surface area contributed by atoms with Crippen molar-refractivity contribution in [2.45, 2.75) is 52.1 Å². The van der Waals surface area contributed by atoms with Crippen molar-refractivity contribution in [1.82, 2.24) is 14.9 Å². The molecule has 3 nitrogen and oxygen atoms in total. The summed E-state index contributed by atoms with van der Waals surface area (Å²) in [4.78, 5) is 2.59. The van der Waals surface area contributed by atoms with Crippen LogP contribution in [0.25, 0.3) is 0 Å². The molecule has 2 saturated heterocycles. The lowest BCUT2D eigenvalue weighted by Crippen LogP contribution is -2.58. The quantitative estimate of drug-likeness (QED) is 0.698. The highest BCUT2D eigenvalue weighted by Crippen LogP contribution is 2.26. The summed E-state index contributed by atoms with van der Waals surface area (Å²) in [6.07, 6.45) is 2.43. The van der Waals surface area contributed by atoms with Gasteiger partial charge in [0.2, 0.25) is 0 Å². The zero-order valence-electron chi connectivity index (χ0n) is 12.6. The van der Waals surface area contributed by atoms with Gasteiger partial charge in [-0.25, -0.2) is 10.0 Å². The van der Waals surface area contributed by atoms with Crippen LogP contribution in [0.4, 0.5) is 0 Å². The lowest BCUT2D eigenvalue weighted by Gasteiger charge is -2.46. The van der Waals surface area contributed by atoms with Gasteiger partial charge in [0.15, 0.2) is 0 Å². The Balaban J connectivity index is 1.91. The van der Waals surface area contributed by atoms with E-state index in [0.29, 0.717) is 11.6 Å². The van der Waals surface area contributed by atoms with E-state index in [1.54, 1.807) is 0 Å². The topological polar surface area (TPSA) is 9.72 Å². The summed E-state index contributed by atoms with van der Waals surface area (Å²) in [6, 6.07) is 0.693. The van der Waals surface area contributed by atoms with Crippen LogP contribution in [-0.4, -0.2) is 59.2 Å². The predicted octanol–water partition coefficient (Wildman–Crippen LogP) is 2.36. The summed E-state index contributed by atoms with van der Waals surface area (Å²) in [5.74, 6) is 0. The molecule has 0 radical (unpaired) electrons. The molecule has 0 amide bonds. The molecule has 0 aromatic carbocycles. The number of rotatable bonds is 2. The zero-order chi connectivity index (χ0) is 13.3. The summed E-state index contributed by atoms with van der Waals surface area (Å²) < 4.78 is 0. The minimum Gasteiger partial charge on any atom is -0.296 e. The summed E-state index contributed by atoms with van der Waals surface area (Å²) in [5, 5.41) is 5.14. The standard InChI is InChI=1S/C15H29N3/c1-6-14-11-13(2)12-18(14)17-9-7-16(8-10-17)15(3,4)5/h14H,2,6-12H2,1,3-5H3. The normalized spacial score (nSPS) is 29.1. The minimum absolute atomic E-state index is 0.310. The molecule has 0 aromatic rings. The maximum absolute atomic E-state index is 4.17. The molecule has 0 aromatic heterocycles. The molecular weight excluding hydrogens is 222 g/mol. The Kier molecular flexibility index (Phi) is 4.15. The Labute approximate surface area is 112 Å². The largest absolute Gasteiger partial charge is 0.296 e. The highest BCUT2D eigenvalue weighted by Gasteiger charge is 2.33. The van der Waals surface area contributed by atoms with E-state index in [4.69, 9.17) is 0 Å². The summed E-state index contributed by atoms with van der Waals surface area (Å²) >= 11 is 0. The third-order valence-corrected chi connectivity index (χ3v) is 4.37. The van der Waals surface area contributed by atoms with Crippen LogP contribution in [0.2, 0.25) is 0 Å². The van der Waals surface area contributed by atoms with Crippen LogP contribution in [0.3, 0.4) is 0 Å². The molecule has 104 valence electrons. The van der Waals surface area contributed by atoms with Crippen LogP contribution in [-0.2, 0) is 0 Å². The minimum atomic E-state index is 0.310. The molecule has 0 saturated carbocycles. The molecule has 0 bridgehead atoms. The van der Waals surface area contributed by atoms with Gasteiger partial charge in [0.1, 0.15) is 0 Å². The van der Waals surface area contributed by atoms with Crippen LogP contribution in [0, 0.1) is 0 Å². The van der Waals surface area contributed by atoms with E-state index in [1.165, 1.54) is 44.6 Å². The van der Waals surface area contributed by atoms with Crippen LogP contribution in [0.1, 0.15) is 40.5 Å². The van der Waals surface area contributed by atoms with E-state index in [-0.39, 0.29) is 0 Å². The van der Waals surface area contributed by atoms with Gasteiger partial charge in [-0.2, -0.15) is 0 Å². The van der Waals surface area contributed by atoms with Gasteiger partial charge in [-0.05, 0) is 33.6 Å². The zero-order valence-corrected chi connectivity index (χ0v) is 12.6. The van der Waals surface area contributed by atoms with Gasteiger partial charge in [-0.3, -0.25) is 4.90 Å². The van der Waals surface area contributed by atoms with Crippen molar-refractivity contribution in [2.75, 3.05) is 32.7 Å². The van der Waals surface area contributed by atoms with Crippen molar-refractivity contribution in [2.24, 2.45) is 0 Å². The number of piperazine rings is 1. The molecule has 2 heterocycles. The Bertz CT molecular complexity index is 297. The average molecular weight is 251 g/mol. The van der Waals surface area contributed by atoms with Crippen molar-refractivity contribution < 1.29 is 0 Å². The van der Waals surface area contributed by atoms with Gasteiger partial charge in [-0.1, -0.05) is 19.1 Å². The third kappa shape index (κ3) is 2.95. The molecule has 0 spiro atoms. The molecule has 2 rings (SSSR count). The average Bonchev–Trinajstić information content (AvgIpc) is 2.69. The summed E-state index contributed by atoms with van der Waals surface area (Å²) in [6.45, 7) is 19.2. The molecule has 18 heavy (non-hydrogen) atoms. The van der Waals surface area contributed by atoms with Gasteiger partial charge in [0.05, 0.1) is 0 Å². The molecule has 0 N–H and O–H groups in total. The first-order valence-corrected chi connectivity index (χ1v) is 7.35. The second-order valence-corrected chi connectivity index (χ2v) is 6.73. The highest BCUT2D eigenvalue weighted by atomic mass is 15.7. The maximum atomic E-state index is 4.17. The molecule has 2 aliphatic rings. The van der Waals surface area contributed by atoms with Gasteiger partial charge in [-0.15, -0.1) is 0 Å². The Morgan fingerprint density at radius 2 is 1.78 bits per heavy atom. The van der Waals surface area contributed by atoms with Gasteiger partial charge in [0, 0.05) is 44.3 Å². The van der Waals surface area contributed by atoms with Gasteiger partial charge in [0.25, 0.3) is 0 Å². The molecule has 0 aliphatic carbocycles. The lowest BCUT2D eigenvalue weighted by atomic mass is 10.1. The second kappa shape index (κ2) is 5.32. The molecule has 2 aliphatic heterocycles. The summed E-state index contributed by atoms with van der Waals surface area (Å²) in [5.41, 5.74) is 1.71. The first-order valence-electron chi connectivity index (χ1n) is 7.35. The molecule has 3 heteroatoms. The van der Waals surface area contributed by atoms with Crippen LogP contribution in [0.5, 0.6) is 0 Å². The van der Waals surface area contributed by atoms with Crippen molar-refractivity contribution in [3.8, 4) is 0 Å². The Hall–Kier alpha value is -0.380. The van der Waals surface area contributed by atoms with Crippen LogP contribution < -0.4 is 0 Å². The third-order valence-electron chi connectivity index (χ3n) is 4.37. The summed E-state index contributed by atoms with van der Waals surface area (Å²) in [7, 11) is 0. The van der Waals surface area contributed by atoms with E-state index in [2.05, 4.69) is 49.2 Å². The second-order valence-electron chi connectivity index (χ2n) is 6.73. The maximum Gasteiger partial charge on any atom is 0.0344 e. The predicted molar refractivity (Wildman–Crippen MR) is 77.4 cm³/mol. The Morgan fingerprint density at radius 3 is 2.28 bits per heavy atom. The van der Waals surface area contributed by atoms with Crippen LogP contribution in [0.15, 0.2) is 12.2 Å². The van der Waals surface area contributed by atoms with E-state index in [0.717, 1.165) is 6.54 Å². The van der Waals surface area contributed by atoms with E-state index >= 15 is 0 Å². The smallest absolute Gasteiger partial charge is 0.0344 e.